The number of carbonyl (C=O) groups is 1. The lowest BCUT2D eigenvalue weighted by Crippen LogP contribution is -2.14. The second-order valence-corrected chi connectivity index (χ2v) is 6.73. The van der Waals surface area contributed by atoms with Crippen LogP contribution in [0.5, 0.6) is 11.5 Å². The molecule has 0 spiro atoms. The van der Waals surface area contributed by atoms with Crippen LogP contribution in [-0.4, -0.2) is 25.9 Å². The molecule has 2 aromatic carbocycles. The van der Waals surface area contributed by atoms with Gasteiger partial charge in [0.15, 0.2) is 5.82 Å². The van der Waals surface area contributed by atoms with Gasteiger partial charge in [0.2, 0.25) is 0 Å². The van der Waals surface area contributed by atoms with Gasteiger partial charge in [-0.25, -0.2) is 9.78 Å². The fourth-order valence-electron chi connectivity index (χ4n) is 2.94. The third-order valence-corrected chi connectivity index (χ3v) is 4.47. The van der Waals surface area contributed by atoms with Crippen molar-refractivity contribution in [2.45, 2.75) is 13.8 Å². The summed E-state index contributed by atoms with van der Waals surface area (Å²) >= 11 is 0. The summed E-state index contributed by atoms with van der Waals surface area (Å²) in [5.41, 5.74) is 2.45. The summed E-state index contributed by atoms with van der Waals surface area (Å²) in [6, 6.07) is 17.8. The molecule has 150 valence electrons. The maximum absolute atomic E-state index is 12.7. The molecule has 0 atom stereocenters. The minimum absolute atomic E-state index is 0.296. The number of benzene rings is 2. The lowest BCUT2D eigenvalue weighted by molar-refractivity contribution is 0.102. The molecule has 2 N–H and O–H groups in total. The van der Waals surface area contributed by atoms with Crippen molar-refractivity contribution in [1.29, 1.82) is 0 Å². The normalized spacial score (nSPS) is 10.6. The number of nitrogens with zero attached hydrogens (tertiary/aromatic N) is 3. The minimum atomic E-state index is -0.309. The molecule has 0 saturated carbocycles. The minimum Gasteiger partial charge on any atom is -0.457 e. The molecule has 4 aromatic rings. The largest absolute Gasteiger partial charge is 0.457 e. The van der Waals surface area contributed by atoms with Gasteiger partial charge in [-0.2, -0.15) is 10.2 Å². The van der Waals surface area contributed by atoms with Crippen LogP contribution in [0.1, 0.15) is 21.6 Å². The van der Waals surface area contributed by atoms with Crippen molar-refractivity contribution in [3.63, 3.8) is 0 Å². The number of carbonyl (C=O) groups excluding carboxylic acids is 1. The van der Waals surface area contributed by atoms with Gasteiger partial charge in [-0.3, -0.25) is 9.59 Å². The SMILES string of the molecule is Cc1cccc(Oc2ccc(NC(=O)c3cnn(-c4ccc(=O)[nH]n4)c3C)cc2)c1. The molecule has 0 bridgehead atoms. The number of H-pyrrole nitrogens is 1. The van der Waals surface area contributed by atoms with Gasteiger partial charge in [0, 0.05) is 11.8 Å². The Morgan fingerprint density at radius 2 is 1.83 bits per heavy atom. The van der Waals surface area contributed by atoms with Crippen LogP contribution in [0.2, 0.25) is 0 Å². The summed E-state index contributed by atoms with van der Waals surface area (Å²) in [7, 11) is 0. The maximum Gasteiger partial charge on any atom is 0.264 e. The Kier molecular flexibility index (Phi) is 5.13. The van der Waals surface area contributed by atoms with E-state index in [0.717, 1.165) is 11.3 Å². The van der Waals surface area contributed by atoms with E-state index in [2.05, 4.69) is 20.6 Å². The van der Waals surface area contributed by atoms with Gasteiger partial charge in [-0.1, -0.05) is 12.1 Å². The first-order valence-corrected chi connectivity index (χ1v) is 9.26. The first kappa shape index (κ1) is 19.1. The second-order valence-electron chi connectivity index (χ2n) is 6.73. The molecule has 0 saturated heterocycles. The zero-order valence-electron chi connectivity index (χ0n) is 16.4. The third-order valence-electron chi connectivity index (χ3n) is 4.47. The van der Waals surface area contributed by atoms with Gasteiger partial charge in [0.1, 0.15) is 11.5 Å². The monoisotopic (exact) mass is 401 g/mol. The van der Waals surface area contributed by atoms with Crippen LogP contribution < -0.4 is 15.6 Å². The summed E-state index contributed by atoms with van der Waals surface area (Å²) in [6.07, 6.45) is 1.46. The second kappa shape index (κ2) is 8.04. The molecule has 0 radical (unpaired) electrons. The quantitative estimate of drug-likeness (QED) is 0.532. The summed E-state index contributed by atoms with van der Waals surface area (Å²) in [5, 5.41) is 13.3. The van der Waals surface area contributed by atoms with Crippen LogP contribution in [0.3, 0.4) is 0 Å². The fraction of sp³-hybridized carbons (Fsp3) is 0.0909. The number of hydrogen-bond donors (Lipinski definition) is 2. The molecular weight excluding hydrogens is 382 g/mol. The highest BCUT2D eigenvalue weighted by Crippen LogP contribution is 2.24. The summed E-state index contributed by atoms with van der Waals surface area (Å²) in [4.78, 5) is 23.8. The molecule has 4 rings (SSSR count). The molecule has 2 heterocycles. The molecule has 0 fully saturated rings. The van der Waals surface area contributed by atoms with Crippen molar-refractivity contribution >= 4 is 11.6 Å². The Morgan fingerprint density at radius 1 is 1.03 bits per heavy atom. The van der Waals surface area contributed by atoms with Gasteiger partial charge in [0.05, 0.1) is 17.5 Å². The van der Waals surface area contributed by atoms with E-state index in [-0.39, 0.29) is 11.5 Å². The Hall–Kier alpha value is -4.20. The highest BCUT2D eigenvalue weighted by Gasteiger charge is 2.16. The van der Waals surface area contributed by atoms with Crippen LogP contribution >= 0.6 is 0 Å². The Bertz CT molecular complexity index is 1240. The molecule has 0 unspecified atom stereocenters. The lowest BCUT2D eigenvalue weighted by Gasteiger charge is -2.09. The van der Waals surface area contributed by atoms with E-state index in [9.17, 15) is 9.59 Å². The van der Waals surface area contributed by atoms with E-state index < -0.39 is 0 Å². The molecule has 8 nitrogen and oxygen atoms in total. The van der Waals surface area contributed by atoms with E-state index in [1.807, 2.05) is 31.2 Å². The molecule has 2 aromatic heterocycles. The Balaban J connectivity index is 1.46. The first-order chi connectivity index (χ1) is 14.5. The zero-order valence-corrected chi connectivity index (χ0v) is 16.4. The molecule has 0 aliphatic rings. The van der Waals surface area contributed by atoms with Gasteiger partial charge in [0.25, 0.3) is 11.5 Å². The highest BCUT2D eigenvalue weighted by molar-refractivity contribution is 6.05. The number of anilines is 1. The highest BCUT2D eigenvalue weighted by atomic mass is 16.5. The van der Waals surface area contributed by atoms with E-state index >= 15 is 0 Å². The topological polar surface area (TPSA) is 102 Å². The van der Waals surface area contributed by atoms with Gasteiger partial charge < -0.3 is 10.1 Å². The van der Waals surface area contributed by atoms with Crippen LogP contribution in [-0.2, 0) is 0 Å². The Labute approximate surface area is 172 Å². The average molecular weight is 401 g/mol. The van der Waals surface area contributed by atoms with Crippen LogP contribution in [0.4, 0.5) is 5.69 Å². The number of aromatic amines is 1. The lowest BCUT2D eigenvalue weighted by atomic mass is 10.2. The van der Waals surface area contributed by atoms with Crippen molar-refractivity contribution in [1.82, 2.24) is 20.0 Å². The summed E-state index contributed by atoms with van der Waals surface area (Å²) in [6.45, 7) is 3.76. The van der Waals surface area contributed by atoms with Crippen LogP contribution in [0, 0.1) is 13.8 Å². The molecule has 30 heavy (non-hydrogen) atoms. The predicted octanol–water partition coefficient (Wildman–Crippen LogP) is 3.62. The molecule has 0 aliphatic carbocycles. The number of aromatic nitrogens is 4. The zero-order chi connectivity index (χ0) is 21.1. The summed E-state index contributed by atoms with van der Waals surface area (Å²) < 4.78 is 7.32. The number of amides is 1. The van der Waals surface area contributed by atoms with Crippen molar-refractivity contribution < 1.29 is 9.53 Å². The van der Waals surface area contributed by atoms with Crippen molar-refractivity contribution in [3.05, 3.63) is 94.0 Å². The molecule has 8 heteroatoms. The molecule has 0 aliphatic heterocycles. The molecule has 1 amide bonds. The smallest absolute Gasteiger partial charge is 0.264 e. The van der Waals surface area contributed by atoms with Crippen molar-refractivity contribution in [3.8, 4) is 17.3 Å². The number of hydrogen-bond acceptors (Lipinski definition) is 5. The van der Waals surface area contributed by atoms with E-state index in [1.165, 1.54) is 23.0 Å². The average Bonchev–Trinajstić information content (AvgIpc) is 3.11. The third kappa shape index (κ3) is 4.12. The fourth-order valence-corrected chi connectivity index (χ4v) is 2.94. The van der Waals surface area contributed by atoms with Crippen molar-refractivity contribution in [2.75, 3.05) is 5.32 Å². The Morgan fingerprint density at radius 3 is 2.53 bits per heavy atom. The van der Waals surface area contributed by atoms with E-state index in [1.54, 1.807) is 31.2 Å². The van der Waals surface area contributed by atoms with Gasteiger partial charge in [-0.05, 0) is 61.9 Å². The number of aryl methyl sites for hydroxylation is 1. The number of ether oxygens (including phenoxy) is 1. The van der Waals surface area contributed by atoms with Crippen LogP contribution in [0.25, 0.3) is 5.82 Å². The number of nitrogens with one attached hydrogen (secondary N) is 2. The first-order valence-electron chi connectivity index (χ1n) is 9.26. The maximum atomic E-state index is 12.7. The standard InChI is InChI=1S/C22H19N5O3/c1-14-4-3-5-18(12-14)30-17-8-6-16(7-9-17)24-22(29)19-13-23-27(15(19)2)20-10-11-21(28)26-25-20/h3-13H,1-2H3,(H,24,29)(H,26,28). The summed E-state index contributed by atoms with van der Waals surface area (Å²) in [5.74, 6) is 1.55. The predicted molar refractivity (Wildman–Crippen MR) is 112 cm³/mol. The van der Waals surface area contributed by atoms with Crippen molar-refractivity contribution in [2.24, 2.45) is 0 Å². The van der Waals surface area contributed by atoms with Crippen LogP contribution in [0.15, 0.2) is 71.7 Å². The van der Waals surface area contributed by atoms with Gasteiger partial charge in [-0.15, -0.1) is 0 Å². The van der Waals surface area contributed by atoms with E-state index in [4.69, 9.17) is 4.74 Å². The molecular formula is C22H19N5O3. The number of rotatable bonds is 5. The van der Waals surface area contributed by atoms with Gasteiger partial charge >= 0.3 is 0 Å². The van der Waals surface area contributed by atoms with E-state index in [0.29, 0.717) is 28.5 Å².